The Morgan fingerprint density at radius 2 is 1.89 bits per heavy atom. The molecular weight excluding hydrogens is 228 g/mol. The molecule has 3 nitrogen and oxygen atoms in total. The van der Waals surface area contributed by atoms with Crippen LogP contribution in [0.15, 0.2) is 24.3 Å². The van der Waals surface area contributed by atoms with Crippen molar-refractivity contribution < 1.29 is 14.6 Å². The van der Waals surface area contributed by atoms with Crippen molar-refractivity contribution in [2.75, 3.05) is 13.9 Å². The highest BCUT2D eigenvalue weighted by atomic mass is 16.7. The van der Waals surface area contributed by atoms with E-state index in [0.717, 1.165) is 25.0 Å². The zero-order valence-electron chi connectivity index (χ0n) is 11.0. The van der Waals surface area contributed by atoms with Crippen molar-refractivity contribution in [2.24, 2.45) is 5.92 Å². The summed E-state index contributed by atoms with van der Waals surface area (Å²) in [6, 6.07) is 8.08. The Kier molecular flexibility index (Phi) is 5.02. The van der Waals surface area contributed by atoms with E-state index in [9.17, 15) is 5.11 Å². The van der Waals surface area contributed by atoms with Gasteiger partial charge in [-0.1, -0.05) is 25.0 Å². The molecule has 2 atom stereocenters. The Labute approximate surface area is 109 Å². The summed E-state index contributed by atoms with van der Waals surface area (Å²) < 4.78 is 10.2. The third-order valence-corrected chi connectivity index (χ3v) is 3.63. The third-order valence-electron chi connectivity index (χ3n) is 3.63. The number of hydrogen-bond acceptors (Lipinski definition) is 3. The molecule has 0 heterocycles. The number of rotatable bonds is 5. The van der Waals surface area contributed by atoms with Crippen LogP contribution in [0, 0.1) is 5.92 Å². The summed E-state index contributed by atoms with van der Waals surface area (Å²) in [6.45, 7) is 0.278. The standard InChI is InChI=1S/C15H22O3/c1-17-11-18-14-8-6-12(7-9-14)10-13-4-2-3-5-15(13)16/h6-9,13,15-16H,2-5,10-11H2,1H3/t13-,15-/m0/s1. The number of ether oxygens (including phenoxy) is 2. The first kappa shape index (κ1) is 13.4. The summed E-state index contributed by atoms with van der Waals surface area (Å²) in [5, 5.41) is 9.96. The first-order valence-corrected chi connectivity index (χ1v) is 6.68. The molecular formula is C15H22O3. The second-order valence-electron chi connectivity index (χ2n) is 5.01. The number of methoxy groups -OCH3 is 1. The van der Waals surface area contributed by atoms with Crippen molar-refractivity contribution in [1.82, 2.24) is 0 Å². The van der Waals surface area contributed by atoms with Crippen LogP contribution in [0.3, 0.4) is 0 Å². The lowest BCUT2D eigenvalue weighted by Crippen LogP contribution is -2.26. The molecule has 100 valence electrons. The van der Waals surface area contributed by atoms with E-state index in [1.807, 2.05) is 12.1 Å². The van der Waals surface area contributed by atoms with Crippen LogP contribution in [-0.2, 0) is 11.2 Å². The molecule has 0 bridgehead atoms. The van der Waals surface area contributed by atoms with E-state index in [1.54, 1.807) is 7.11 Å². The molecule has 1 aliphatic carbocycles. The van der Waals surface area contributed by atoms with Gasteiger partial charge in [0.15, 0.2) is 6.79 Å². The highest BCUT2D eigenvalue weighted by molar-refractivity contribution is 5.27. The summed E-state index contributed by atoms with van der Waals surface area (Å²) in [5.74, 6) is 1.24. The smallest absolute Gasteiger partial charge is 0.188 e. The van der Waals surface area contributed by atoms with E-state index in [4.69, 9.17) is 9.47 Å². The van der Waals surface area contributed by atoms with E-state index in [-0.39, 0.29) is 12.9 Å². The van der Waals surface area contributed by atoms with Gasteiger partial charge in [0.25, 0.3) is 0 Å². The van der Waals surface area contributed by atoms with Crippen LogP contribution >= 0.6 is 0 Å². The molecule has 3 heteroatoms. The maximum atomic E-state index is 9.96. The molecule has 0 radical (unpaired) electrons. The molecule has 0 spiro atoms. The second kappa shape index (κ2) is 6.76. The summed E-state index contributed by atoms with van der Waals surface area (Å²) in [4.78, 5) is 0. The molecule has 0 amide bonds. The van der Waals surface area contributed by atoms with Crippen molar-refractivity contribution in [1.29, 1.82) is 0 Å². The largest absolute Gasteiger partial charge is 0.468 e. The van der Waals surface area contributed by atoms with Crippen molar-refractivity contribution in [3.05, 3.63) is 29.8 Å². The highest BCUT2D eigenvalue weighted by Crippen LogP contribution is 2.27. The minimum absolute atomic E-state index is 0.122. The van der Waals surface area contributed by atoms with Gasteiger partial charge >= 0.3 is 0 Å². The Hall–Kier alpha value is -1.06. The van der Waals surface area contributed by atoms with E-state index >= 15 is 0 Å². The maximum absolute atomic E-state index is 9.96. The lowest BCUT2D eigenvalue weighted by molar-refractivity contribution is 0.0511. The lowest BCUT2D eigenvalue weighted by atomic mass is 9.82. The van der Waals surface area contributed by atoms with Gasteiger partial charge in [-0.2, -0.15) is 0 Å². The van der Waals surface area contributed by atoms with Gasteiger partial charge in [-0.25, -0.2) is 0 Å². The minimum atomic E-state index is -0.122. The fraction of sp³-hybridized carbons (Fsp3) is 0.600. The van der Waals surface area contributed by atoms with Crippen LogP contribution in [0.25, 0.3) is 0 Å². The summed E-state index contributed by atoms with van der Waals surface area (Å²) in [6.07, 6.45) is 5.36. The Morgan fingerprint density at radius 3 is 2.56 bits per heavy atom. The van der Waals surface area contributed by atoms with Gasteiger partial charge < -0.3 is 14.6 Å². The zero-order chi connectivity index (χ0) is 12.8. The number of benzene rings is 1. The molecule has 1 N–H and O–H groups in total. The maximum Gasteiger partial charge on any atom is 0.188 e. The molecule has 1 aromatic rings. The Morgan fingerprint density at radius 1 is 1.17 bits per heavy atom. The lowest BCUT2D eigenvalue weighted by Gasteiger charge is -2.27. The predicted molar refractivity (Wildman–Crippen MR) is 70.6 cm³/mol. The van der Waals surface area contributed by atoms with Crippen LogP contribution in [0.5, 0.6) is 5.75 Å². The number of aliphatic hydroxyl groups is 1. The molecule has 18 heavy (non-hydrogen) atoms. The van der Waals surface area contributed by atoms with Gasteiger partial charge in [-0.3, -0.25) is 0 Å². The molecule has 1 saturated carbocycles. The van der Waals surface area contributed by atoms with Crippen molar-refractivity contribution in [3.8, 4) is 5.75 Å². The molecule has 1 fully saturated rings. The van der Waals surface area contributed by atoms with E-state index in [2.05, 4.69) is 12.1 Å². The monoisotopic (exact) mass is 250 g/mol. The van der Waals surface area contributed by atoms with Crippen molar-refractivity contribution in [2.45, 2.75) is 38.2 Å². The van der Waals surface area contributed by atoms with E-state index in [0.29, 0.717) is 5.92 Å². The van der Waals surface area contributed by atoms with Gasteiger partial charge in [-0.15, -0.1) is 0 Å². The fourth-order valence-corrected chi connectivity index (χ4v) is 2.58. The topological polar surface area (TPSA) is 38.7 Å². The van der Waals surface area contributed by atoms with Gasteiger partial charge in [0.1, 0.15) is 5.75 Å². The molecule has 0 unspecified atom stereocenters. The van der Waals surface area contributed by atoms with Gasteiger partial charge in [0, 0.05) is 7.11 Å². The predicted octanol–water partition coefficient (Wildman–Crippen LogP) is 2.76. The number of aliphatic hydroxyl groups excluding tert-OH is 1. The van der Waals surface area contributed by atoms with Crippen LogP contribution < -0.4 is 4.74 Å². The normalized spacial score (nSPS) is 23.9. The average Bonchev–Trinajstić information content (AvgIpc) is 2.41. The van der Waals surface area contributed by atoms with Crippen molar-refractivity contribution in [3.63, 3.8) is 0 Å². The first-order valence-electron chi connectivity index (χ1n) is 6.68. The summed E-state index contributed by atoms with van der Waals surface area (Å²) in [5.41, 5.74) is 1.27. The first-order chi connectivity index (χ1) is 8.79. The van der Waals surface area contributed by atoms with E-state index in [1.165, 1.54) is 18.4 Å². The molecule has 1 aromatic carbocycles. The van der Waals surface area contributed by atoms with E-state index < -0.39 is 0 Å². The molecule has 0 aliphatic heterocycles. The second-order valence-corrected chi connectivity index (χ2v) is 5.01. The molecule has 2 rings (SSSR count). The van der Waals surface area contributed by atoms with Crippen LogP contribution in [0.4, 0.5) is 0 Å². The van der Waals surface area contributed by atoms with Crippen molar-refractivity contribution >= 4 is 0 Å². The quantitative estimate of drug-likeness (QED) is 0.817. The molecule has 0 aromatic heterocycles. The van der Waals surface area contributed by atoms with Crippen LogP contribution in [0.1, 0.15) is 31.2 Å². The summed E-state index contributed by atoms with van der Waals surface area (Å²) >= 11 is 0. The van der Waals surface area contributed by atoms with Gasteiger partial charge in [-0.05, 0) is 42.9 Å². The summed E-state index contributed by atoms with van der Waals surface area (Å²) in [7, 11) is 1.61. The van der Waals surface area contributed by atoms with Gasteiger partial charge in [0.05, 0.1) is 6.10 Å². The Bertz CT molecular complexity index is 347. The third kappa shape index (κ3) is 3.72. The molecule has 0 saturated heterocycles. The number of hydrogen-bond donors (Lipinski definition) is 1. The molecule has 1 aliphatic rings. The van der Waals surface area contributed by atoms with Crippen LogP contribution in [0.2, 0.25) is 0 Å². The SMILES string of the molecule is COCOc1ccc(C[C@@H]2CCCC[C@@H]2O)cc1. The van der Waals surface area contributed by atoms with Crippen LogP contribution in [-0.4, -0.2) is 25.1 Å². The zero-order valence-corrected chi connectivity index (χ0v) is 11.0. The highest BCUT2D eigenvalue weighted by Gasteiger charge is 2.22. The van der Waals surface area contributed by atoms with Gasteiger partial charge in [0.2, 0.25) is 0 Å². The minimum Gasteiger partial charge on any atom is -0.468 e. The Balaban J connectivity index is 1.89. The fourth-order valence-electron chi connectivity index (χ4n) is 2.58. The average molecular weight is 250 g/mol.